The van der Waals surface area contributed by atoms with Gasteiger partial charge in [0.2, 0.25) is 0 Å². The lowest BCUT2D eigenvalue weighted by atomic mass is 9.84. The van der Waals surface area contributed by atoms with Crippen LogP contribution in [0.1, 0.15) is 50.7 Å². The topological polar surface area (TPSA) is 20.3 Å². The van der Waals surface area contributed by atoms with Crippen molar-refractivity contribution in [3.63, 3.8) is 0 Å². The van der Waals surface area contributed by atoms with Gasteiger partial charge in [-0.3, -0.25) is 4.79 Å². The van der Waals surface area contributed by atoms with Crippen LogP contribution < -0.4 is 0 Å². The molecule has 0 spiro atoms. The second kappa shape index (κ2) is 7.67. The molecule has 0 saturated heterocycles. The largest absolute Gasteiger partial charge is 0.330 e. The summed E-state index contributed by atoms with van der Waals surface area (Å²) < 4.78 is 27.8. The molecular weight excluding hydrogens is 380 g/mol. The van der Waals surface area contributed by atoms with Crippen LogP contribution in [0, 0.1) is 32.4 Å². The summed E-state index contributed by atoms with van der Waals surface area (Å²) in [4.78, 5) is 14.6. The Morgan fingerprint density at radius 1 is 0.933 bits per heavy atom. The van der Waals surface area contributed by atoms with Crippen molar-refractivity contribution in [1.82, 2.24) is 4.90 Å². The number of carbonyl (C=O) groups excluding carboxylic acids is 1. The van der Waals surface area contributed by atoms with Gasteiger partial charge in [0.05, 0.1) is 5.56 Å². The predicted molar refractivity (Wildman–Crippen MR) is 115 cm³/mol. The molecule has 1 aliphatic heterocycles. The Bertz CT molecular complexity index is 1150. The van der Waals surface area contributed by atoms with Crippen LogP contribution >= 0.6 is 0 Å². The summed E-state index contributed by atoms with van der Waals surface area (Å²) in [5.41, 5.74) is 9.25. The van der Waals surface area contributed by atoms with Crippen molar-refractivity contribution in [3.8, 4) is 11.1 Å². The van der Waals surface area contributed by atoms with E-state index in [4.69, 9.17) is 0 Å². The zero-order valence-electron chi connectivity index (χ0n) is 17.8. The Labute approximate surface area is 176 Å². The van der Waals surface area contributed by atoms with Gasteiger partial charge < -0.3 is 4.90 Å². The normalized spacial score (nSPS) is 12.9. The maximum atomic E-state index is 14.2. The minimum Gasteiger partial charge on any atom is -0.330 e. The highest BCUT2D eigenvalue weighted by atomic mass is 19.1. The van der Waals surface area contributed by atoms with E-state index in [0.29, 0.717) is 13.1 Å². The lowest BCUT2D eigenvalue weighted by Crippen LogP contribution is -2.26. The molecule has 1 heterocycles. The van der Waals surface area contributed by atoms with Gasteiger partial charge in [0.25, 0.3) is 5.91 Å². The second-order valence-corrected chi connectivity index (χ2v) is 8.07. The molecule has 30 heavy (non-hydrogen) atoms. The minimum absolute atomic E-state index is 0.215. The Morgan fingerprint density at radius 3 is 2.20 bits per heavy atom. The summed E-state index contributed by atoms with van der Waals surface area (Å²) in [5.74, 6) is -1.78. The Morgan fingerprint density at radius 2 is 1.57 bits per heavy atom. The first-order valence-corrected chi connectivity index (χ1v) is 10.3. The van der Waals surface area contributed by atoms with Crippen LogP contribution in [-0.4, -0.2) is 10.8 Å². The lowest BCUT2D eigenvalue weighted by Gasteiger charge is -2.19. The molecule has 154 valence electrons. The van der Waals surface area contributed by atoms with Gasteiger partial charge in [-0.05, 0) is 84.3 Å². The zero-order valence-corrected chi connectivity index (χ0v) is 17.8. The number of hydrogen-bond donors (Lipinski definition) is 0. The zero-order chi connectivity index (χ0) is 21.6. The Kier molecular flexibility index (Phi) is 5.19. The minimum atomic E-state index is -0.694. The van der Waals surface area contributed by atoms with Crippen LogP contribution in [0.5, 0.6) is 0 Å². The smallest absolute Gasteiger partial charge is 0.257 e. The van der Waals surface area contributed by atoms with E-state index < -0.39 is 17.5 Å². The van der Waals surface area contributed by atoms with Crippen molar-refractivity contribution in [2.75, 3.05) is 0 Å². The predicted octanol–water partition coefficient (Wildman–Crippen LogP) is 6.28. The first-order chi connectivity index (χ1) is 14.3. The molecule has 0 bridgehead atoms. The van der Waals surface area contributed by atoms with Crippen LogP contribution in [0.25, 0.3) is 11.1 Å². The first-order valence-electron chi connectivity index (χ1n) is 10.3. The molecule has 0 aromatic heterocycles. The van der Waals surface area contributed by atoms with Crippen molar-refractivity contribution >= 4 is 5.91 Å². The van der Waals surface area contributed by atoms with E-state index in [-0.39, 0.29) is 5.56 Å². The van der Waals surface area contributed by atoms with E-state index >= 15 is 0 Å². The number of nitrogens with zero attached hydrogens (tertiary/aromatic N) is 1. The molecule has 4 heteroatoms. The fraction of sp³-hybridized carbons (Fsp3) is 0.269. The van der Waals surface area contributed by atoms with E-state index in [1.165, 1.54) is 27.8 Å². The standard InChI is InChI=1S/C26H25F2NO/c1-5-20-16(3)22-13-29(26(30)21-12-19(27)10-11-24(21)28)14-23(22)17(4)25(20)18-8-6-15(2)7-9-18/h6-12H,5,13-14H2,1-4H3. The molecule has 3 aromatic rings. The van der Waals surface area contributed by atoms with Gasteiger partial charge in [-0.25, -0.2) is 8.78 Å². The summed E-state index contributed by atoms with van der Waals surface area (Å²) in [6.45, 7) is 9.23. The Balaban J connectivity index is 1.79. The summed E-state index contributed by atoms with van der Waals surface area (Å²) in [6, 6.07) is 11.5. The highest BCUT2D eigenvalue weighted by Crippen LogP contribution is 2.40. The van der Waals surface area contributed by atoms with Gasteiger partial charge in [-0.15, -0.1) is 0 Å². The van der Waals surface area contributed by atoms with E-state index in [0.717, 1.165) is 41.3 Å². The Hall–Kier alpha value is -3.01. The average Bonchev–Trinajstić information content (AvgIpc) is 3.19. The van der Waals surface area contributed by atoms with Gasteiger partial charge in [0.1, 0.15) is 11.6 Å². The monoisotopic (exact) mass is 405 g/mol. The fourth-order valence-corrected chi connectivity index (χ4v) is 4.59. The molecule has 1 amide bonds. The van der Waals surface area contributed by atoms with Gasteiger partial charge >= 0.3 is 0 Å². The number of hydrogen-bond acceptors (Lipinski definition) is 1. The SMILES string of the molecule is CCc1c(C)c2c(c(C)c1-c1ccc(C)cc1)CN(C(=O)c1cc(F)ccc1F)C2. The van der Waals surface area contributed by atoms with Crippen molar-refractivity contribution < 1.29 is 13.6 Å². The summed E-state index contributed by atoms with van der Waals surface area (Å²) >= 11 is 0. The van der Waals surface area contributed by atoms with Crippen LogP contribution in [0.15, 0.2) is 42.5 Å². The molecule has 0 unspecified atom stereocenters. The maximum Gasteiger partial charge on any atom is 0.257 e. The summed E-state index contributed by atoms with van der Waals surface area (Å²) in [7, 11) is 0. The highest BCUT2D eigenvalue weighted by molar-refractivity contribution is 5.95. The third-order valence-electron chi connectivity index (χ3n) is 6.24. The third kappa shape index (κ3) is 3.30. The molecule has 0 N–H and O–H groups in total. The number of aryl methyl sites for hydroxylation is 1. The summed E-state index contributed by atoms with van der Waals surface area (Å²) in [5, 5.41) is 0. The third-order valence-corrected chi connectivity index (χ3v) is 6.24. The molecule has 0 atom stereocenters. The fourth-order valence-electron chi connectivity index (χ4n) is 4.59. The second-order valence-electron chi connectivity index (χ2n) is 8.07. The molecule has 3 aromatic carbocycles. The number of fused-ring (bicyclic) bond motifs is 1. The first kappa shape index (κ1) is 20.3. The highest BCUT2D eigenvalue weighted by Gasteiger charge is 2.31. The van der Waals surface area contributed by atoms with E-state index in [2.05, 4.69) is 52.0 Å². The van der Waals surface area contributed by atoms with Gasteiger partial charge in [-0.2, -0.15) is 0 Å². The molecule has 0 fully saturated rings. The van der Waals surface area contributed by atoms with Crippen molar-refractivity contribution in [2.45, 2.75) is 47.2 Å². The van der Waals surface area contributed by atoms with Gasteiger partial charge in [0.15, 0.2) is 0 Å². The number of amides is 1. The van der Waals surface area contributed by atoms with Crippen LogP contribution in [0.3, 0.4) is 0 Å². The number of carbonyl (C=O) groups is 1. The summed E-state index contributed by atoms with van der Waals surface area (Å²) in [6.07, 6.45) is 0.885. The average molecular weight is 405 g/mol. The number of benzene rings is 3. The van der Waals surface area contributed by atoms with Crippen molar-refractivity contribution in [1.29, 1.82) is 0 Å². The number of rotatable bonds is 3. The van der Waals surface area contributed by atoms with E-state index in [1.807, 2.05) is 0 Å². The molecule has 0 aliphatic carbocycles. The van der Waals surface area contributed by atoms with Gasteiger partial charge in [0, 0.05) is 13.1 Å². The van der Waals surface area contributed by atoms with E-state index in [1.54, 1.807) is 4.90 Å². The van der Waals surface area contributed by atoms with Crippen LogP contribution in [-0.2, 0) is 19.5 Å². The van der Waals surface area contributed by atoms with Crippen LogP contribution in [0.4, 0.5) is 8.78 Å². The molecule has 2 nitrogen and oxygen atoms in total. The quantitative estimate of drug-likeness (QED) is 0.502. The van der Waals surface area contributed by atoms with E-state index in [9.17, 15) is 13.6 Å². The molecular formula is C26H25F2NO. The number of halogens is 2. The van der Waals surface area contributed by atoms with Crippen molar-refractivity contribution in [2.24, 2.45) is 0 Å². The molecule has 4 rings (SSSR count). The molecule has 0 saturated carbocycles. The van der Waals surface area contributed by atoms with Crippen LogP contribution in [0.2, 0.25) is 0 Å². The van der Waals surface area contributed by atoms with Gasteiger partial charge in [-0.1, -0.05) is 36.8 Å². The molecule has 0 radical (unpaired) electrons. The lowest BCUT2D eigenvalue weighted by molar-refractivity contribution is 0.0746. The maximum absolute atomic E-state index is 14.2. The van der Waals surface area contributed by atoms with Crippen molar-refractivity contribution in [3.05, 3.63) is 93.0 Å². The molecule has 1 aliphatic rings.